The van der Waals surface area contributed by atoms with E-state index >= 15 is 0 Å². The number of benzene rings is 1. The first-order chi connectivity index (χ1) is 9.02. The highest BCUT2D eigenvalue weighted by Crippen LogP contribution is 2.15. The average Bonchev–Trinajstić information content (AvgIpc) is 2.32. The zero-order valence-electron chi connectivity index (χ0n) is 11.0. The van der Waals surface area contributed by atoms with Crippen molar-refractivity contribution in [3.05, 3.63) is 29.6 Å². The SMILES string of the molecule is CC(C)NC(=O)Nc1ccc(C#CCCO)cc1F. The molecule has 5 heteroatoms. The van der Waals surface area contributed by atoms with Gasteiger partial charge in [-0.2, -0.15) is 0 Å². The normalized spacial score (nSPS) is 9.74. The molecule has 0 aromatic heterocycles. The van der Waals surface area contributed by atoms with E-state index in [4.69, 9.17) is 5.11 Å². The number of hydrogen-bond donors (Lipinski definition) is 3. The first-order valence-corrected chi connectivity index (χ1v) is 5.99. The van der Waals surface area contributed by atoms with Crippen LogP contribution in [0.3, 0.4) is 0 Å². The zero-order valence-corrected chi connectivity index (χ0v) is 11.0. The van der Waals surface area contributed by atoms with E-state index in [1.165, 1.54) is 12.1 Å². The molecule has 0 saturated carbocycles. The summed E-state index contributed by atoms with van der Waals surface area (Å²) < 4.78 is 13.7. The highest BCUT2D eigenvalue weighted by atomic mass is 19.1. The number of nitrogens with one attached hydrogen (secondary N) is 2. The molecule has 19 heavy (non-hydrogen) atoms. The van der Waals surface area contributed by atoms with Gasteiger partial charge in [-0.1, -0.05) is 11.8 Å². The van der Waals surface area contributed by atoms with Crippen molar-refractivity contribution in [3.63, 3.8) is 0 Å². The molecule has 3 N–H and O–H groups in total. The van der Waals surface area contributed by atoms with Crippen LogP contribution in [-0.2, 0) is 0 Å². The third kappa shape index (κ3) is 5.40. The highest BCUT2D eigenvalue weighted by Gasteiger charge is 2.07. The smallest absolute Gasteiger partial charge is 0.319 e. The molecule has 0 saturated heterocycles. The number of amides is 2. The second-order valence-corrected chi connectivity index (χ2v) is 4.22. The molecule has 0 fully saturated rings. The number of anilines is 1. The van der Waals surface area contributed by atoms with Gasteiger partial charge in [0.25, 0.3) is 0 Å². The minimum Gasteiger partial charge on any atom is -0.395 e. The van der Waals surface area contributed by atoms with E-state index in [2.05, 4.69) is 22.5 Å². The summed E-state index contributed by atoms with van der Waals surface area (Å²) in [6.45, 7) is 3.61. The van der Waals surface area contributed by atoms with Crippen LogP contribution in [0.25, 0.3) is 0 Å². The predicted molar refractivity (Wildman–Crippen MR) is 72.3 cm³/mol. The molecule has 1 aromatic rings. The van der Waals surface area contributed by atoms with E-state index in [1.54, 1.807) is 6.07 Å². The molecule has 0 unspecified atom stereocenters. The Bertz CT molecular complexity index is 504. The van der Waals surface area contributed by atoms with Crippen LogP contribution >= 0.6 is 0 Å². The van der Waals surface area contributed by atoms with E-state index in [1.807, 2.05) is 13.8 Å². The molecule has 4 nitrogen and oxygen atoms in total. The van der Waals surface area contributed by atoms with Gasteiger partial charge in [-0.3, -0.25) is 0 Å². The van der Waals surface area contributed by atoms with Gasteiger partial charge in [0.1, 0.15) is 5.82 Å². The Balaban J connectivity index is 2.73. The van der Waals surface area contributed by atoms with Crippen LogP contribution in [0.1, 0.15) is 25.8 Å². The quantitative estimate of drug-likeness (QED) is 0.732. The Kier molecular flexibility index (Phi) is 5.83. The highest BCUT2D eigenvalue weighted by molar-refractivity contribution is 5.89. The summed E-state index contributed by atoms with van der Waals surface area (Å²) >= 11 is 0. The van der Waals surface area contributed by atoms with Crippen molar-refractivity contribution in [1.29, 1.82) is 0 Å². The molecule has 0 spiro atoms. The van der Waals surface area contributed by atoms with Gasteiger partial charge in [-0.05, 0) is 32.0 Å². The maximum absolute atomic E-state index is 13.7. The number of urea groups is 1. The van der Waals surface area contributed by atoms with E-state index in [0.717, 1.165) is 0 Å². The number of aliphatic hydroxyl groups is 1. The van der Waals surface area contributed by atoms with Gasteiger partial charge in [0.05, 0.1) is 12.3 Å². The van der Waals surface area contributed by atoms with Crippen LogP contribution in [0.2, 0.25) is 0 Å². The summed E-state index contributed by atoms with van der Waals surface area (Å²) in [5.74, 6) is 4.87. The van der Waals surface area contributed by atoms with Gasteiger partial charge in [0.2, 0.25) is 0 Å². The molecule has 0 aliphatic carbocycles. The topological polar surface area (TPSA) is 61.4 Å². The van der Waals surface area contributed by atoms with Gasteiger partial charge in [0.15, 0.2) is 0 Å². The lowest BCUT2D eigenvalue weighted by Gasteiger charge is -2.10. The predicted octanol–water partition coefficient (Wildman–Crippen LogP) is 2.09. The summed E-state index contributed by atoms with van der Waals surface area (Å²) in [5, 5.41) is 13.6. The first kappa shape index (κ1) is 15.0. The lowest BCUT2D eigenvalue weighted by atomic mass is 10.2. The molecule has 0 atom stereocenters. The number of rotatable bonds is 3. The van der Waals surface area contributed by atoms with Crippen molar-refractivity contribution in [3.8, 4) is 11.8 Å². The van der Waals surface area contributed by atoms with E-state index in [-0.39, 0.29) is 18.3 Å². The fourth-order valence-corrected chi connectivity index (χ4v) is 1.34. The van der Waals surface area contributed by atoms with Crippen molar-refractivity contribution in [2.75, 3.05) is 11.9 Å². The van der Waals surface area contributed by atoms with Crippen LogP contribution in [-0.4, -0.2) is 23.8 Å². The Hall–Kier alpha value is -2.06. The Morgan fingerprint density at radius 3 is 2.79 bits per heavy atom. The van der Waals surface area contributed by atoms with E-state index in [0.29, 0.717) is 12.0 Å². The molecule has 2 amide bonds. The maximum Gasteiger partial charge on any atom is 0.319 e. The van der Waals surface area contributed by atoms with Crippen molar-refractivity contribution in [2.24, 2.45) is 0 Å². The minimum atomic E-state index is -0.547. The number of hydrogen-bond acceptors (Lipinski definition) is 2. The van der Waals surface area contributed by atoms with Gasteiger partial charge in [0, 0.05) is 18.0 Å². The maximum atomic E-state index is 13.7. The van der Waals surface area contributed by atoms with Crippen molar-refractivity contribution in [2.45, 2.75) is 26.3 Å². The van der Waals surface area contributed by atoms with Gasteiger partial charge < -0.3 is 15.7 Å². The van der Waals surface area contributed by atoms with Gasteiger partial charge >= 0.3 is 6.03 Å². The molecule has 0 aliphatic heterocycles. The Morgan fingerprint density at radius 2 is 2.21 bits per heavy atom. The lowest BCUT2D eigenvalue weighted by Crippen LogP contribution is -2.34. The van der Waals surface area contributed by atoms with Crippen molar-refractivity contribution in [1.82, 2.24) is 5.32 Å². The standard InChI is InChI=1S/C14H17FN2O2/c1-10(2)16-14(19)17-13-7-6-11(9-12(13)15)5-3-4-8-18/h6-7,9-10,18H,4,8H2,1-2H3,(H2,16,17,19). The third-order valence-corrected chi connectivity index (χ3v) is 2.11. The molecule has 0 radical (unpaired) electrons. The summed E-state index contributed by atoms with van der Waals surface area (Å²) in [7, 11) is 0. The monoisotopic (exact) mass is 264 g/mol. The average molecular weight is 264 g/mol. The van der Waals surface area contributed by atoms with E-state index in [9.17, 15) is 9.18 Å². The number of aliphatic hydroxyl groups excluding tert-OH is 1. The molecule has 1 aromatic carbocycles. The van der Waals surface area contributed by atoms with Crippen LogP contribution in [0, 0.1) is 17.7 Å². The Labute approximate surface area is 112 Å². The largest absolute Gasteiger partial charge is 0.395 e. The third-order valence-electron chi connectivity index (χ3n) is 2.11. The van der Waals surface area contributed by atoms with Crippen LogP contribution < -0.4 is 10.6 Å². The minimum absolute atomic E-state index is 0.0216. The second kappa shape index (κ2) is 7.39. The van der Waals surface area contributed by atoms with Crippen LogP contribution in [0.4, 0.5) is 14.9 Å². The molecular formula is C14H17FN2O2. The molecule has 0 heterocycles. The van der Waals surface area contributed by atoms with Crippen LogP contribution in [0.15, 0.2) is 18.2 Å². The first-order valence-electron chi connectivity index (χ1n) is 5.99. The summed E-state index contributed by atoms with van der Waals surface area (Å²) in [6, 6.07) is 3.84. The second-order valence-electron chi connectivity index (χ2n) is 4.22. The van der Waals surface area contributed by atoms with Gasteiger partial charge in [-0.15, -0.1) is 0 Å². The number of carbonyl (C=O) groups is 1. The molecule has 0 bridgehead atoms. The molecule has 1 rings (SSSR count). The molecule has 102 valence electrons. The van der Waals surface area contributed by atoms with Crippen LogP contribution in [0.5, 0.6) is 0 Å². The summed E-state index contributed by atoms with van der Waals surface area (Å²) in [5.41, 5.74) is 0.603. The number of halogens is 1. The fourth-order valence-electron chi connectivity index (χ4n) is 1.34. The van der Waals surface area contributed by atoms with Gasteiger partial charge in [-0.25, -0.2) is 9.18 Å². The lowest BCUT2D eigenvalue weighted by molar-refractivity contribution is 0.250. The molecular weight excluding hydrogens is 247 g/mol. The van der Waals surface area contributed by atoms with Crippen molar-refractivity contribution < 1.29 is 14.3 Å². The molecule has 0 aliphatic rings. The Morgan fingerprint density at radius 1 is 1.47 bits per heavy atom. The summed E-state index contributed by atoms with van der Waals surface area (Å²) in [4.78, 5) is 11.4. The number of carbonyl (C=O) groups excluding carboxylic acids is 1. The van der Waals surface area contributed by atoms with E-state index < -0.39 is 11.8 Å². The summed E-state index contributed by atoms with van der Waals surface area (Å²) in [6.07, 6.45) is 0.346. The fraction of sp³-hybridized carbons (Fsp3) is 0.357. The zero-order chi connectivity index (χ0) is 14.3. The van der Waals surface area contributed by atoms with Crippen molar-refractivity contribution >= 4 is 11.7 Å².